The molecule has 0 radical (unpaired) electrons. The highest BCUT2D eigenvalue weighted by Gasteiger charge is 2.18. The zero-order valence-electron chi connectivity index (χ0n) is 6.92. The van der Waals surface area contributed by atoms with Crippen molar-refractivity contribution in [3.05, 3.63) is 12.8 Å². The van der Waals surface area contributed by atoms with Crippen molar-refractivity contribution in [2.75, 3.05) is 6.54 Å². The van der Waals surface area contributed by atoms with Crippen LogP contribution in [0, 0.1) is 5.92 Å². The Morgan fingerprint density at radius 1 is 1.36 bits per heavy atom. The van der Waals surface area contributed by atoms with Crippen molar-refractivity contribution in [3.63, 3.8) is 0 Å². The van der Waals surface area contributed by atoms with Crippen molar-refractivity contribution < 1.29 is 5.11 Å². The van der Waals surface area contributed by atoms with Gasteiger partial charge in [0.2, 0.25) is 0 Å². The van der Waals surface area contributed by atoms with Gasteiger partial charge in [0.1, 0.15) is 0 Å². The van der Waals surface area contributed by atoms with Crippen LogP contribution < -0.4 is 5.32 Å². The van der Waals surface area contributed by atoms with Gasteiger partial charge in [-0.15, -0.1) is 0 Å². The van der Waals surface area contributed by atoms with Crippen LogP contribution in [0.25, 0.3) is 0 Å². The molecule has 2 heteroatoms. The van der Waals surface area contributed by atoms with Crippen LogP contribution in [0.1, 0.15) is 25.7 Å². The van der Waals surface area contributed by atoms with E-state index in [-0.39, 0.29) is 6.10 Å². The molecule has 0 aromatic heterocycles. The van der Waals surface area contributed by atoms with Crippen LogP contribution in [0.3, 0.4) is 0 Å². The molecule has 0 amide bonds. The number of rotatable bonds is 3. The van der Waals surface area contributed by atoms with Crippen LogP contribution in [0.4, 0.5) is 0 Å². The Bertz CT molecular complexity index is 117. The van der Waals surface area contributed by atoms with Crippen molar-refractivity contribution in [3.8, 4) is 0 Å². The van der Waals surface area contributed by atoms with E-state index in [0.29, 0.717) is 0 Å². The minimum Gasteiger partial charge on any atom is -0.393 e. The van der Waals surface area contributed by atoms with E-state index >= 15 is 0 Å². The first-order chi connectivity index (χ1) is 5.33. The first-order valence-electron chi connectivity index (χ1n) is 4.35. The Labute approximate surface area is 68.3 Å². The molecule has 1 aliphatic rings. The molecule has 2 N–H and O–H groups in total. The number of hydrogen-bond donors (Lipinski definition) is 2. The van der Waals surface area contributed by atoms with E-state index in [2.05, 4.69) is 11.9 Å². The average Bonchev–Trinajstić information content (AvgIpc) is 2.04. The third-order valence-electron chi connectivity index (χ3n) is 2.37. The highest BCUT2D eigenvalue weighted by Crippen LogP contribution is 2.23. The second-order valence-electron chi connectivity index (χ2n) is 3.29. The smallest absolute Gasteiger partial charge is 0.0540 e. The summed E-state index contributed by atoms with van der Waals surface area (Å²) in [6, 6.07) is 0. The molecule has 0 bridgehead atoms. The predicted octanol–water partition coefficient (Wildman–Crippen LogP) is 1.27. The highest BCUT2D eigenvalue weighted by atomic mass is 16.3. The SMILES string of the molecule is C=CNCC1CCC(O)CC1. The predicted molar refractivity (Wildman–Crippen MR) is 46.2 cm³/mol. The first-order valence-corrected chi connectivity index (χ1v) is 4.35. The van der Waals surface area contributed by atoms with Crippen LogP contribution in [0.2, 0.25) is 0 Å². The van der Waals surface area contributed by atoms with E-state index in [4.69, 9.17) is 0 Å². The summed E-state index contributed by atoms with van der Waals surface area (Å²) in [6.07, 6.45) is 5.97. The van der Waals surface area contributed by atoms with Crippen molar-refractivity contribution in [1.29, 1.82) is 0 Å². The number of aliphatic hydroxyl groups is 1. The Hall–Kier alpha value is -0.500. The molecule has 1 aliphatic carbocycles. The van der Waals surface area contributed by atoms with Gasteiger partial charge in [-0.25, -0.2) is 0 Å². The van der Waals surface area contributed by atoms with Crippen LogP contribution in [0.5, 0.6) is 0 Å². The molecule has 0 atom stereocenters. The second-order valence-corrected chi connectivity index (χ2v) is 3.29. The zero-order valence-corrected chi connectivity index (χ0v) is 6.92. The standard InChI is InChI=1S/C9H17NO/c1-2-10-7-8-3-5-9(11)6-4-8/h2,8-11H,1,3-7H2. The summed E-state index contributed by atoms with van der Waals surface area (Å²) in [4.78, 5) is 0. The van der Waals surface area contributed by atoms with Gasteiger partial charge < -0.3 is 10.4 Å². The van der Waals surface area contributed by atoms with Crippen molar-refractivity contribution >= 4 is 0 Å². The largest absolute Gasteiger partial charge is 0.393 e. The first kappa shape index (κ1) is 8.60. The van der Waals surface area contributed by atoms with Gasteiger partial charge in [0.25, 0.3) is 0 Å². The zero-order chi connectivity index (χ0) is 8.10. The summed E-state index contributed by atoms with van der Waals surface area (Å²) in [5.74, 6) is 0.747. The Morgan fingerprint density at radius 3 is 2.55 bits per heavy atom. The summed E-state index contributed by atoms with van der Waals surface area (Å²) < 4.78 is 0. The molecule has 1 fully saturated rings. The second kappa shape index (κ2) is 4.39. The summed E-state index contributed by atoms with van der Waals surface area (Å²) in [7, 11) is 0. The molecule has 0 aromatic carbocycles. The van der Waals surface area contributed by atoms with Gasteiger partial charge >= 0.3 is 0 Å². The maximum atomic E-state index is 9.21. The molecule has 0 unspecified atom stereocenters. The van der Waals surface area contributed by atoms with Crippen LogP contribution in [0.15, 0.2) is 12.8 Å². The molecular formula is C9H17NO. The van der Waals surface area contributed by atoms with E-state index < -0.39 is 0 Å². The molecule has 64 valence electrons. The van der Waals surface area contributed by atoms with Gasteiger partial charge in [-0.1, -0.05) is 6.58 Å². The van der Waals surface area contributed by atoms with Crippen molar-refractivity contribution in [1.82, 2.24) is 5.32 Å². The summed E-state index contributed by atoms with van der Waals surface area (Å²) >= 11 is 0. The minimum absolute atomic E-state index is 0.0324. The fraction of sp³-hybridized carbons (Fsp3) is 0.778. The molecule has 1 rings (SSSR count). The molecule has 0 saturated heterocycles. The van der Waals surface area contributed by atoms with E-state index in [1.54, 1.807) is 6.20 Å². The highest BCUT2D eigenvalue weighted by molar-refractivity contribution is 4.75. The molecule has 0 aliphatic heterocycles. The Morgan fingerprint density at radius 2 is 2.00 bits per heavy atom. The van der Waals surface area contributed by atoms with Crippen LogP contribution in [-0.4, -0.2) is 17.8 Å². The van der Waals surface area contributed by atoms with Gasteiger partial charge in [-0.3, -0.25) is 0 Å². The fourth-order valence-electron chi connectivity index (χ4n) is 1.60. The lowest BCUT2D eigenvalue weighted by atomic mass is 9.87. The third-order valence-corrected chi connectivity index (χ3v) is 2.37. The molecule has 0 aromatic rings. The van der Waals surface area contributed by atoms with Gasteiger partial charge in [0, 0.05) is 6.54 Å². The summed E-state index contributed by atoms with van der Waals surface area (Å²) in [5, 5.41) is 12.3. The number of aliphatic hydroxyl groups excluding tert-OH is 1. The van der Waals surface area contributed by atoms with E-state index in [9.17, 15) is 5.11 Å². The Kier molecular flexibility index (Phi) is 3.43. The van der Waals surface area contributed by atoms with Gasteiger partial charge in [-0.05, 0) is 37.8 Å². The molecule has 0 spiro atoms. The lowest BCUT2D eigenvalue weighted by Crippen LogP contribution is -2.25. The summed E-state index contributed by atoms with van der Waals surface area (Å²) in [6.45, 7) is 4.62. The summed E-state index contributed by atoms with van der Waals surface area (Å²) in [5.41, 5.74) is 0. The van der Waals surface area contributed by atoms with E-state index in [1.165, 1.54) is 0 Å². The van der Waals surface area contributed by atoms with E-state index in [1.807, 2.05) is 0 Å². The van der Waals surface area contributed by atoms with Gasteiger partial charge in [0.15, 0.2) is 0 Å². The quantitative estimate of drug-likeness (QED) is 0.643. The normalized spacial score (nSPS) is 31.4. The topological polar surface area (TPSA) is 32.3 Å². The Balaban J connectivity index is 2.12. The molecule has 2 nitrogen and oxygen atoms in total. The molecule has 1 saturated carbocycles. The number of nitrogens with one attached hydrogen (secondary N) is 1. The fourth-order valence-corrected chi connectivity index (χ4v) is 1.60. The lowest BCUT2D eigenvalue weighted by Gasteiger charge is -2.24. The third kappa shape index (κ3) is 2.93. The maximum Gasteiger partial charge on any atom is 0.0540 e. The van der Waals surface area contributed by atoms with Crippen LogP contribution >= 0.6 is 0 Å². The molecule has 0 heterocycles. The van der Waals surface area contributed by atoms with Gasteiger partial charge in [0.05, 0.1) is 6.10 Å². The number of hydrogen-bond acceptors (Lipinski definition) is 2. The molecular weight excluding hydrogens is 138 g/mol. The monoisotopic (exact) mass is 155 g/mol. The van der Waals surface area contributed by atoms with Crippen LogP contribution in [-0.2, 0) is 0 Å². The van der Waals surface area contributed by atoms with Gasteiger partial charge in [-0.2, -0.15) is 0 Å². The van der Waals surface area contributed by atoms with E-state index in [0.717, 1.165) is 38.1 Å². The van der Waals surface area contributed by atoms with Crippen molar-refractivity contribution in [2.24, 2.45) is 5.92 Å². The lowest BCUT2D eigenvalue weighted by molar-refractivity contribution is 0.109. The van der Waals surface area contributed by atoms with Crippen molar-refractivity contribution in [2.45, 2.75) is 31.8 Å². The maximum absolute atomic E-state index is 9.21. The average molecular weight is 155 g/mol. The molecule has 11 heavy (non-hydrogen) atoms. The minimum atomic E-state index is -0.0324.